The minimum Gasteiger partial charge on any atom is -0.320 e. The highest BCUT2D eigenvalue weighted by Crippen LogP contribution is 2.22. The summed E-state index contributed by atoms with van der Waals surface area (Å²) in [6.45, 7) is 2.85. The molecule has 1 aromatic carbocycles. The number of nitrogens with one attached hydrogen (secondary N) is 1. The SMILES string of the molecule is CC1CSCCN1C(=O)Nc1nc(-c2ccccc2)ns1. The quantitative estimate of drug-likeness (QED) is 0.923. The van der Waals surface area contributed by atoms with Gasteiger partial charge in [0.25, 0.3) is 0 Å². The van der Waals surface area contributed by atoms with Gasteiger partial charge >= 0.3 is 6.03 Å². The number of nitrogens with zero attached hydrogens (tertiary/aromatic N) is 3. The maximum atomic E-state index is 12.3. The number of hydrogen-bond acceptors (Lipinski definition) is 5. The molecule has 1 fully saturated rings. The molecule has 1 atom stereocenters. The van der Waals surface area contributed by atoms with Gasteiger partial charge in [-0.05, 0) is 6.92 Å². The van der Waals surface area contributed by atoms with Gasteiger partial charge in [-0.3, -0.25) is 5.32 Å². The minimum absolute atomic E-state index is 0.0847. The highest BCUT2D eigenvalue weighted by Gasteiger charge is 2.24. The summed E-state index contributed by atoms with van der Waals surface area (Å²) >= 11 is 3.10. The lowest BCUT2D eigenvalue weighted by Gasteiger charge is -2.32. The Labute approximate surface area is 131 Å². The first-order valence-electron chi connectivity index (χ1n) is 6.78. The molecule has 1 aliphatic heterocycles. The van der Waals surface area contributed by atoms with E-state index >= 15 is 0 Å². The van der Waals surface area contributed by atoms with Gasteiger partial charge in [0.05, 0.1) is 0 Å². The van der Waals surface area contributed by atoms with E-state index in [9.17, 15) is 4.79 Å². The Kier molecular flexibility index (Phi) is 4.40. The van der Waals surface area contributed by atoms with Gasteiger partial charge in [0, 0.05) is 41.2 Å². The van der Waals surface area contributed by atoms with Crippen molar-refractivity contribution >= 4 is 34.5 Å². The molecule has 1 aliphatic rings. The zero-order valence-electron chi connectivity index (χ0n) is 11.7. The van der Waals surface area contributed by atoms with E-state index in [2.05, 4.69) is 21.6 Å². The van der Waals surface area contributed by atoms with Gasteiger partial charge in [0.1, 0.15) is 0 Å². The third-order valence-electron chi connectivity index (χ3n) is 3.30. The normalized spacial score (nSPS) is 18.5. The number of urea groups is 1. The summed E-state index contributed by atoms with van der Waals surface area (Å²) in [5.74, 6) is 2.63. The number of benzene rings is 1. The molecule has 2 amide bonds. The fraction of sp³-hybridized carbons (Fsp3) is 0.357. The Hall–Kier alpha value is -1.60. The molecular weight excluding hydrogens is 304 g/mol. The fourth-order valence-corrected chi connectivity index (χ4v) is 3.76. The summed E-state index contributed by atoms with van der Waals surface area (Å²) in [5, 5.41) is 3.40. The minimum atomic E-state index is -0.0847. The second-order valence-electron chi connectivity index (χ2n) is 4.84. The van der Waals surface area contributed by atoms with Crippen LogP contribution in [0.15, 0.2) is 30.3 Å². The topological polar surface area (TPSA) is 58.1 Å². The summed E-state index contributed by atoms with van der Waals surface area (Å²) in [7, 11) is 0. The Balaban J connectivity index is 1.68. The van der Waals surface area contributed by atoms with E-state index in [-0.39, 0.29) is 12.1 Å². The van der Waals surface area contributed by atoms with Crippen LogP contribution in [0.4, 0.5) is 9.93 Å². The molecule has 1 unspecified atom stereocenters. The van der Waals surface area contributed by atoms with Gasteiger partial charge in [-0.2, -0.15) is 21.1 Å². The third-order valence-corrected chi connectivity index (χ3v) is 5.12. The van der Waals surface area contributed by atoms with Crippen molar-refractivity contribution < 1.29 is 4.79 Å². The van der Waals surface area contributed by atoms with Crippen molar-refractivity contribution in [3.8, 4) is 11.4 Å². The molecule has 0 saturated carbocycles. The monoisotopic (exact) mass is 320 g/mol. The van der Waals surface area contributed by atoms with Crippen molar-refractivity contribution in [1.29, 1.82) is 0 Å². The van der Waals surface area contributed by atoms with Crippen LogP contribution in [0.3, 0.4) is 0 Å². The van der Waals surface area contributed by atoms with Crippen LogP contribution in [0.5, 0.6) is 0 Å². The molecule has 1 aromatic heterocycles. The molecule has 2 heterocycles. The van der Waals surface area contributed by atoms with Crippen LogP contribution in [0, 0.1) is 0 Å². The lowest BCUT2D eigenvalue weighted by atomic mass is 10.2. The number of aromatic nitrogens is 2. The maximum Gasteiger partial charge on any atom is 0.323 e. The predicted octanol–water partition coefficient (Wildman–Crippen LogP) is 3.17. The number of rotatable bonds is 2. The van der Waals surface area contributed by atoms with Gasteiger partial charge < -0.3 is 4.90 Å². The van der Waals surface area contributed by atoms with Crippen molar-refractivity contribution in [1.82, 2.24) is 14.3 Å². The van der Waals surface area contributed by atoms with Crippen molar-refractivity contribution in [3.63, 3.8) is 0 Å². The van der Waals surface area contributed by atoms with Crippen LogP contribution >= 0.6 is 23.3 Å². The van der Waals surface area contributed by atoms with Crippen LogP contribution < -0.4 is 5.32 Å². The van der Waals surface area contributed by atoms with Crippen LogP contribution in [0.2, 0.25) is 0 Å². The van der Waals surface area contributed by atoms with Crippen molar-refractivity contribution in [2.24, 2.45) is 0 Å². The zero-order chi connectivity index (χ0) is 14.7. The summed E-state index contributed by atoms with van der Waals surface area (Å²) in [4.78, 5) is 18.5. The van der Waals surface area contributed by atoms with Crippen molar-refractivity contribution in [3.05, 3.63) is 30.3 Å². The molecule has 21 heavy (non-hydrogen) atoms. The highest BCUT2D eigenvalue weighted by atomic mass is 32.2. The molecule has 3 rings (SSSR count). The highest BCUT2D eigenvalue weighted by molar-refractivity contribution is 7.99. The Morgan fingerprint density at radius 2 is 2.19 bits per heavy atom. The number of carbonyl (C=O) groups excluding carboxylic acids is 1. The lowest BCUT2D eigenvalue weighted by molar-refractivity contribution is 0.200. The van der Waals surface area contributed by atoms with Crippen LogP contribution in [0.25, 0.3) is 11.4 Å². The lowest BCUT2D eigenvalue weighted by Crippen LogP contribution is -2.46. The van der Waals surface area contributed by atoms with E-state index < -0.39 is 0 Å². The standard InChI is InChI=1S/C14H16N4OS2/c1-10-9-20-8-7-18(10)14(19)16-13-15-12(17-21-13)11-5-3-2-4-6-11/h2-6,10H,7-9H2,1H3,(H,15,16,17,19). The fourth-order valence-electron chi connectivity index (χ4n) is 2.17. The first kappa shape index (κ1) is 14.3. The molecule has 0 bridgehead atoms. The van der Waals surface area contributed by atoms with E-state index in [1.165, 1.54) is 11.5 Å². The number of hydrogen-bond donors (Lipinski definition) is 1. The Morgan fingerprint density at radius 1 is 1.38 bits per heavy atom. The molecule has 7 heteroatoms. The van der Waals surface area contributed by atoms with E-state index in [0.717, 1.165) is 23.6 Å². The Bertz CT molecular complexity index is 616. The number of anilines is 1. The smallest absolute Gasteiger partial charge is 0.320 e. The number of carbonyl (C=O) groups is 1. The second kappa shape index (κ2) is 6.44. The number of amides is 2. The molecule has 0 spiro atoms. The molecule has 1 saturated heterocycles. The van der Waals surface area contributed by atoms with E-state index in [1.54, 1.807) is 0 Å². The van der Waals surface area contributed by atoms with E-state index in [4.69, 9.17) is 0 Å². The summed E-state index contributed by atoms with van der Waals surface area (Å²) in [6.07, 6.45) is 0. The van der Waals surface area contributed by atoms with E-state index in [0.29, 0.717) is 11.0 Å². The zero-order valence-corrected chi connectivity index (χ0v) is 13.3. The van der Waals surface area contributed by atoms with Gasteiger partial charge in [-0.25, -0.2) is 4.79 Å². The van der Waals surface area contributed by atoms with Crippen molar-refractivity contribution in [2.45, 2.75) is 13.0 Å². The molecule has 1 N–H and O–H groups in total. The molecule has 0 aliphatic carbocycles. The number of thioether (sulfide) groups is 1. The van der Waals surface area contributed by atoms with Gasteiger partial charge in [0.2, 0.25) is 5.13 Å². The largest absolute Gasteiger partial charge is 0.323 e. The molecule has 5 nitrogen and oxygen atoms in total. The van der Waals surface area contributed by atoms with Crippen LogP contribution in [-0.4, -0.2) is 44.4 Å². The van der Waals surface area contributed by atoms with Gasteiger partial charge in [0.15, 0.2) is 5.82 Å². The summed E-state index contributed by atoms with van der Waals surface area (Å²) in [6, 6.07) is 9.93. The van der Waals surface area contributed by atoms with Crippen molar-refractivity contribution in [2.75, 3.05) is 23.4 Å². The average molecular weight is 320 g/mol. The van der Waals surface area contributed by atoms with Gasteiger partial charge in [-0.1, -0.05) is 30.3 Å². The first-order chi connectivity index (χ1) is 10.2. The first-order valence-corrected chi connectivity index (χ1v) is 8.71. The van der Waals surface area contributed by atoms with Crippen LogP contribution in [0.1, 0.15) is 6.92 Å². The second-order valence-corrected chi connectivity index (χ2v) is 6.74. The Morgan fingerprint density at radius 3 is 2.95 bits per heavy atom. The van der Waals surface area contributed by atoms with Crippen LogP contribution in [-0.2, 0) is 0 Å². The maximum absolute atomic E-state index is 12.3. The summed E-state index contributed by atoms with van der Waals surface area (Å²) < 4.78 is 4.30. The van der Waals surface area contributed by atoms with E-state index in [1.807, 2.05) is 47.0 Å². The molecule has 0 radical (unpaired) electrons. The average Bonchev–Trinajstić information content (AvgIpc) is 2.97. The van der Waals surface area contributed by atoms with Gasteiger partial charge in [-0.15, -0.1) is 0 Å². The third kappa shape index (κ3) is 3.36. The molecular formula is C14H16N4OS2. The molecule has 2 aromatic rings. The predicted molar refractivity (Wildman–Crippen MR) is 87.9 cm³/mol. The summed E-state index contributed by atoms with van der Waals surface area (Å²) in [5.41, 5.74) is 0.956. The molecule has 110 valence electrons.